The molecule has 0 saturated carbocycles. The van der Waals surface area contributed by atoms with Crippen LogP contribution in [0.4, 0.5) is 0 Å². The minimum absolute atomic E-state index is 0. The summed E-state index contributed by atoms with van der Waals surface area (Å²) in [4.78, 5) is 10.7. The third kappa shape index (κ3) is 9.89. The summed E-state index contributed by atoms with van der Waals surface area (Å²) in [5.74, 6) is 1.51. The average Bonchev–Trinajstić information content (AvgIpc) is 3.67. The van der Waals surface area contributed by atoms with Crippen LogP contribution in [0.15, 0.2) is 134 Å². The summed E-state index contributed by atoms with van der Waals surface area (Å²) in [5, 5.41) is 12.7. The van der Waals surface area contributed by atoms with Gasteiger partial charge in [0.05, 0.1) is 22.3 Å². The maximum absolute atomic E-state index is 12.7. The first-order valence-corrected chi connectivity index (χ1v) is 23.8. The van der Waals surface area contributed by atoms with Gasteiger partial charge in [-0.15, -0.1) is 29.3 Å². The van der Waals surface area contributed by atoms with Crippen LogP contribution in [0.3, 0.4) is 0 Å². The third-order valence-corrected chi connectivity index (χ3v) is 13.3. The fourth-order valence-corrected chi connectivity index (χ4v) is 9.23. The zero-order chi connectivity index (χ0) is 47.5. The summed E-state index contributed by atoms with van der Waals surface area (Å²) in [6, 6.07) is 49.7. The van der Waals surface area contributed by atoms with Crippen LogP contribution >= 0.6 is 0 Å². The Bertz CT molecular complexity index is 3020. The first-order valence-electron chi connectivity index (χ1n) is 23.8. The molecule has 1 unspecified atom stereocenters. The van der Waals surface area contributed by atoms with E-state index in [1.807, 2.05) is 12.3 Å². The Kier molecular flexibility index (Phi) is 13.9. The molecule has 1 N–H and O–H groups in total. The van der Waals surface area contributed by atoms with E-state index in [0.29, 0.717) is 0 Å². The van der Waals surface area contributed by atoms with Crippen molar-refractivity contribution < 1.29 is 26.2 Å². The molecule has 0 radical (unpaired) electrons. The molecule has 2 heterocycles. The molecule has 6 aromatic carbocycles. The molecule has 0 amide bonds. The van der Waals surface area contributed by atoms with Crippen molar-refractivity contribution in [3.05, 3.63) is 179 Å². The number of imidazole rings is 1. The van der Waals surface area contributed by atoms with Gasteiger partial charge in [-0.2, -0.15) is 0 Å². The van der Waals surface area contributed by atoms with E-state index in [1.165, 1.54) is 27.8 Å². The number of hydrogen-bond donors (Lipinski definition) is 1. The van der Waals surface area contributed by atoms with Crippen molar-refractivity contribution in [2.24, 2.45) is 0 Å². The van der Waals surface area contributed by atoms with Crippen molar-refractivity contribution in [3.8, 4) is 56.3 Å². The van der Waals surface area contributed by atoms with E-state index in [1.54, 1.807) is 0 Å². The topological polar surface area (TPSA) is 50.9 Å². The maximum Gasteiger partial charge on any atom is 0.148 e. The van der Waals surface area contributed by atoms with Gasteiger partial charge in [0.25, 0.3) is 0 Å². The third-order valence-electron chi connectivity index (χ3n) is 13.3. The maximum atomic E-state index is 12.7. The average molecular weight is 1070 g/mol. The van der Waals surface area contributed by atoms with Gasteiger partial charge in [-0.25, -0.2) is 4.98 Å². The van der Waals surface area contributed by atoms with Crippen LogP contribution in [0.2, 0.25) is 0 Å². The van der Waals surface area contributed by atoms with Gasteiger partial charge >= 0.3 is 0 Å². The Balaban J connectivity index is 0.00000666. The fourth-order valence-electron chi connectivity index (χ4n) is 9.23. The molecule has 348 valence electrons. The standard InChI is InChI=1S/C62H68N3O.Pt/c1-38(2)50-34-47(60(6,7)8)35-51(39(3)4)57(50)65-55-27-21-26-49(56(55)64-59(65)52-36-48(61(9,10)11)37-53(58(52)66)62(12,13)14)45-30-44(40(5)41-22-17-15-18-23-41)31-46(32-45)54-33-43(28-29-63-54)42-24-19-16-20-25-42;/h15-31,33-40,66H,1-14H3;/q-1;. The number of rotatable bonds is 9. The molecule has 0 saturated heterocycles. The van der Waals surface area contributed by atoms with Crippen LogP contribution in [-0.2, 0) is 37.3 Å². The number of para-hydroxylation sites is 1. The Morgan fingerprint density at radius 2 is 1.13 bits per heavy atom. The molecule has 0 aliphatic carbocycles. The Hall–Kier alpha value is -5.57. The molecule has 67 heavy (non-hydrogen) atoms. The second kappa shape index (κ2) is 18.8. The molecule has 8 aromatic rings. The largest absolute Gasteiger partial charge is 0.507 e. The summed E-state index contributed by atoms with van der Waals surface area (Å²) < 4.78 is 2.38. The van der Waals surface area contributed by atoms with E-state index in [-0.39, 0.29) is 60.8 Å². The van der Waals surface area contributed by atoms with Crippen molar-refractivity contribution in [1.29, 1.82) is 0 Å². The summed E-state index contributed by atoms with van der Waals surface area (Å²) in [6.45, 7) is 31.7. The van der Waals surface area contributed by atoms with Crippen LogP contribution < -0.4 is 0 Å². The normalized spacial score (nSPS) is 12.8. The van der Waals surface area contributed by atoms with E-state index in [4.69, 9.17) is 9.97 Å². The number of aromatic nitrogens is 3. The Labute approximate surface area is 415 Å². The summed E-state index contributed by atoms with van der Waals surface area (Å²) in [7, 11) is 0. The van der Waals surface area contributed by atoms with Gasteiger partial charge in [0.2, 0.25) is 0 Å². The molecule has 0 bridgehead atoms. The van der Waals surface area contributed by atoms with E-state index < -0.39 is 0 Å². The zero-order valence-electron chi connectivity index (χ0n) is 42.0. The van der Waals surface area contributed by atoms with E-state index >= 15 is 0 Å². The number of benzene rings is 6. The smallest absolute Gasteiger partial charge is 0.148 e. The fraction of sp³-hybridized carbons (Fsp3) is 0.323. The minimum Gasteiger partial charge on any atom is -0.507 e. The van der Waals surface area contributed by atoms with Crippen LogP contribution in [0.1, 0.15) is 154 Å². The summed E-state index contributed by atoms with van der Waals surface area (Å²) >= 11 is 0. The Morgan fingerprint density at radius 1 is 0.552 bits per heavy atom. The first kappa shape index (κ1) is 49.3. The van der Waals surface area contributed by atoms with Crippen molar-refractivity contribution in [2.45, 2.75) is 131 Å². The number of phenols is 1. The zero-order valence-corrected chi connectivity index (χ0v) is 44.3. The van der Waals surface area contributed by atoms with E-state index in [0.717, 1.165) is 72.7 Å². The van der Waals surface area contributed by atoms with Gasteiger partial charge in [-0.1, -0.05) is 205 Å². The molecule has 0 fully saturated rings. The monoisotopic (exact) mass is 1070 g/mol. The van der Waals surface area contributed by atoms with E-state index in [9.17, 15) is 5.11 Å². The Morgan fingerprint density at radius 3 is 1.72 bits per heavy atom. The van der Waals surface area contributed by atoms with Crippen molar-refractivity contribution >= 4 is 11.0 Å². The molecule has 8 rings (SSSR count). The molecule has 0 aliphatic heterocycles. The van der Waals surface area contributed by atoms with Crippen molar-refractivity contribution in [2.75, 3.05) is 0 Å². The number of pyridine rings is 1. The number of aromatic hydroxyl groups is 1. The van der Waals surface area contributed by atoms with Crippen LogP contribution in [0, 0.1) is 6.07 Å². The van der Waals surface area contributed by atoms with Crippen molar-refractivity contribution in [1.82, 2.24) is 14.5 Å². The van der Waals surface area contributed by atoms with Crippen LogP contribution in [0.25, 0.3) is 61.6 Å². The predicted molar refractivity (Wildman–Crippen MR) is 279 cm³/mol. The molecular formula is C62H68N3OPt-. The minimum atomic E-state index is -0.324. The first-order chi connectivity index (χ1) is 31.1. The molecule has 5 heteroatoms. The number of fused-ring (bicyclic) bond motifs is 1. The number of hydrogen-bond acceptors (Lipinski definition) is 3. The molecule has 1 atom stereocenters. The predicted octanol–water partition coefficient (Wildman–Crippen LogP) is 16.9. The van der Waals surface area contributed by atoms with Gasteiger partial charge in [-0.05, 0) is 91.1 Å². The number of nitrogens with zero attached hydrogens (tertiary/aromatic N) is 3. The van der Waals surface area contributed by atoms with Gasteiger partial charge in [0, 0.05) is 38.5 Å². The molecular weight excluding hydrogens is 998 g/mol. The van der Waals surface area contributed by atoms with Gasteiger partial charge < -0.3 is 5.11 Å². The van der Waals surface area contributed by atoms with Gasteiger partial charge in [0.15, 0.2) is 0 Å². The van der Waals surface area contributed by atoms with E-state index in [2.05, 4.69) is 229 Å². The molecule has 0 aliphatic rings. The summed E-state index contributed by atoms with van der Waals surface area (Å²) in [5.41, 5.74) is 17.4. The molecule has 4 nitrogen and oxygen atoms in total. The van der Waals surface area contributed by atoms with Crippen molar-refractivity contribution in [3.63, 3.8) is 0 Å². The van der Waals surface area contributed by atoms with Crippen LogP contribution in [0.5, 0.6) is 5.75 Å². The quantitative estimate of drug-likeness (QED) is 0.147. The second-order valence-electron chi connectivity index (χ2n) is 22.1. The second-order valence-corrected chi connectivity index (χ2v) is 22.1. The van der Waals surface area contributed by atoms with Gasteiger partial charge in [0.1, 0.15) is 11.6 Å². The SMILES string of the molecule is CC(C)c1cc(C(C)(C)C)cc(C(C)C)c1-n1c(-c2cc(C(C)(C)C)cc(C(C)(C)C)c2O)nc2c(-c3[c-]c(-c4cc(-c5ccccc5)ccn4)cc(C(C)c4ccccc4)c3)cccc21.[Pt]. The van der Waals surface area contributed by atoms with Crippen LogP contribution in [-0.4, -0.2) is 19.6 Å². The summed E-state index contributed by atoms with van der Waals surface area (Å²) in [6.07, 6.45) is 1.90. The molecule has 0 spiro atoms. The molecule has 2 aromatic heterocycles. The number of phenolic OH excluding ortho intramolecular Hbond substituents is 1. The van der Waals surface area contributed by atoms with Gasteiger partial charge in [-0.3, -0.25) is 9.55 Å².